The third kappa shape index (κ3) is 6.33. The Morgan fingerprint density at radius 3 is 2.33 bits per heavy atom. The molecule has 1 aliphatic rings. The largest absolute Gasteiger partial charge is 0.497 e. The van der Waals surface area contributed by atoms with Crippen LogP contribution >= 0.6 is 23.2 Å². The van der Waals surface area contributed by atoms with Crippen LogP contribution in [0, 0.1) is 0 Å². The third-order valence-electron chi connectivity index (χ3n) is 6.88. The number of benzene rings is 3. The molecule has 0 radical (unpaired) electrons. The molecule has 1 saturated heterocycles. The van der Waals surface area contributed by atoms with Crippen LogP contribution < -0.4 is 9.64 Å². The maximum atomic E-state index is 13.5. The van der Waals surface area contributed by atoms with Crippen molar-refractivity contribution in [3.05, 3.63) is 82.3 Å². The third-order valence-corrected chi connectivity index (χ3v) is 7.62. The minimum Gasteiger partial charge on any atom is -0.497 e. The van der Waals surface area contributed by atoms with E-state index in [4.69, 9.17) is 27.9 Å². The Morgan fingerprint density at radius 2 is 1.64 bits per heavy atom. The Balaban J connectivity index is 1.58. The van der Waals surface area contributed by atoms with Gasteiger partial charge in [-0.2, -0.15) is 0 Å². The maximum absolute atomic E-state index is 13.5. The Labute approximate surface area is 224 Å². The van der Waals surface area contributed by atoms with Gasteiger partial charge in [0, 0.05) is 26.3 Å². The number of methoxy groups -OCH3 is 1. The van der Waals surface area contributed by atoms with E-state index in [1.807, 2.05) is 48.2 Å². The van der Waals surface area contributed by atoms with Crippen molar-refractivity contribution in [2.24, 2.45) is 0 Å². The Hall–Kier alpha value is -2.73. The zero-order valence-electron chi connectivity index (χ0n) is 21.1. The van der Waals surface area contributed by atoms with Gasteiger partial charge in [0.1, 0.15) is 5.75 Å². The van der Waals surface area contributed by atoms with E-state index < -0.39 is 0 Å². The lowest BCUT2D eigenvalue weighted by molar-refractivity contribution is -0.131. The molecule has 1 fully saturated rings. The molecule has 1 aliphatic heterocycles. The number of likely N-dealkylation sites (tertiary alicyclic amines) is 1. The molecule has 5 nitrogen and oxygen atoms in total. The van der Waals surface area contributed by atoms with E-state index in [2.05, 4.69) is 35.2 Å². The lowest BCUT2D eigenvalue weighted by Gasteiger charge is -2.33. The van der Waals surface area contributed by atoms with Crippen molar-refractivity contribution in [3.63, 3.8) is 0 Å². The minimum atomic E-state index is -0.0663. The molecule has 4 rings (SSSR count). The topological polar surface area (TPSA) is 36.0 Å². The van der Waals surface area contributed by atoms with Gasteiger partial charge < -0.3 is 19.4 Å². The van der Waals surface area contributed by atoms with Gasteiger partial charge in [-0.05, 0) is 79.0 Å². The predicted octanol–water partition coefficient (Wildman–Crippen LogP) is 6.40. The molecule has 36 heavy (non-hydrogen) atoms. The molecule has 3 aromatic carbocycles. The van der Waals surface area contributed by atoms with Crippen LogP contribution in [0.25, 0.3) is 11.1 Å². The molecule has 1 unspecified atom stereocenters. The first-order valence-corrected chi connectivity index (χ1v) is 13.0. The van der Waals surface area contributed by atoms with Crippen LogP contribution in [-0.2, 0) is 4.79 Å². The van der Waals surface area contributed by atoms with Gasteiger partial charge >= 0.3 is 0 Å². The van der Waals surface area contributed by atoms with Crippen LogP contribution in [0.3, 0.4) is 0 Å². The summed E-state index contributed by atoms with van der Waals surface area (Å²) >= 11 is 12.3. The van der Waals surface area contributed by atoms with Gasteiger partial charge in [0.15, 0.2) is 0 Å². The molecule has 1 atom stereocenters. The average Bonchev–Trinajstić information content (AvgIpc) is 3.42. The molecule has 0 aliphatic carbocycles. The van der Waals surface area contributed by atoms with Gasteiger partial charge in [0.25, 0.3) is 0 Å². The van der Waals surface area contributed by atoms with Crippen LogP contribution in [-0.4, -0.2) is 63.1 Å². The fraction of sp³-hybridized carbons (Fsp3) is 0.345. The van der Waals surface area contributed by atoms with Crippen molar-refractivity contribution >= 4 is 34.8 Å². The number of likely N-dealkylation sites (N-methyl/N-ethyl adjacent to an activating group) is 2. The van der Waals surface area contributed by atoms with E-state index in [9.17, 15) is 4.79 Å². The number of carbonyl (C=O) groups is 1. The lowest BCUT2D eigenvalue weighted by atomic mass is 9.98. The van der Waals surface area contributed by atoms with E-state index in [1.165, 1.54) is 12.8 Å². The number of hydrogen-bond donors (Lipinski definition) is 0. The molecule has 3 aromatic rings. The summed E-state index contributed by atoms with van der Waals surface area (Å²) in [6.07, 6.45) is 2.41. The summed E-state index contributed by atoms with van der Waals surface area (Å²) in [4.78, 5) is 19.7. The van der Waals surface area contributed by atoms with Crippen molar-refractivity contribution in [2.45, 2.75) is 18.9 Å². The van der Waals surface area contributed by atoms with Gasteiger partial charge in [-0.3, -0.25) is 4.79 Å². The van der Waals surface area contributed by atoms with Crippen LogP contribution in [0.15, 0.2) is 66.7 Å². The Kier molecular flexibility index (Phi) is 8.78. The summed E-state index contributed by atoms with van der Waals surface area (Å²) in [6.45, 7) is 3.18. The van der Waals surface area contributed by atoms with Gasteiger partial charge in [-0.1, -0.05) is 53.5 Å². The number of anilines is 1. The van der Waals surface area contributed by atoms with E-state index in [0.29, 0.717) is 10.0 Å². The smallest absolute Gasteiger partial charge is 0.242 e. The molecule has 0 saturated carbocycles. The van der Waals surface area contributed by atoms with E-state index in [0.717, 1.165) is 47.8 Å². The zero-order valence-corrected chi connectivity index (χ0v) is 22.6. The summed E-state index contributed by atoms with van der Waals surface area (Å²) < 4.78 is 5.42. The van der Waals surface area contributed by atoms with Crippen molar-refractivity contribution in [3.8, 4) is 16.9 Å². The summed E-state index contributed by atoms with van der Waals surface area (Å²) in [7, 11) is 5.48. The monoisotopic (exact) mass is 525 g/mol. The first-order valence-electron chi connectivity index (χ1n) is 12.2. The molecule has 190 valence electrons. The van der Waals surface area contributed by atoms with Crippen LogP contribution in [0.4, 0.5) is 5.69 Å². The fourth-order valence-corrected chi connectivity index (χ4v) is 4.98. The second-order valence-electron chi connectivity index (χ2n) is 9.34. The maximum Gasteiger partial charge on any atom is 0.242 e. The summed E-state index contributed by atoms with van der Waals surface area (Å²) in [5, 5.41) is 0.974. The number of carbonyl (C=O) groups excluding carboxylic acids is 1. The first kappa shape index (κ1) is 26.3. The minimum absolute atomic E-state index is 0.0413. The number of rotatable bonds is 9. The second kappa shape index (κ2) is 12.0. The van der Waals surface area contributed by atoms with E-state index in [1.54, 1.807) is 19.2 Å². The fourth-order valence-electron chi connectivity index (χ4n) is 4.69. The highest BCUT2D eigenvalue weighted by Gasteiger charge is 2.26. The second-order valence-corrected chi connectivity index (χ2v) is 10.2. The number of nitrogens with zero attached hydrogens (tertiary/aromatic N) is 3. The van der Waals surface area contributed by atoms with Gasteiger partial charge in [-0.25, -0.2) is 0 Å². The van der Waals surface area contributed by atoms with E-state index >= 15 is 0 Å². The average molecular weight is 527 g/mol. The standard InChI is InChI=1S/C29H33Cl2N3O2/c1-32(24-12-13-26(30)27(31)18-24)20-29(35)33(2)28(19-34-14-4-5-15-34)23-10-6-8-21(16-23)22-9-7-11-25(17-22)36-3/h6-13,16-18,28H,4-5,14-15,19-20H2,1-3H3. The number of amides is 1. The number of ether oxygens (including phenoxy) is 1. The van der Waals surface area contributed by atoms with Crippen molar-refractivity contribution in [1.29, 1.82) is 0 Å². The van der Waals surface area contributed by atoms with Crippen LogP contribution in [0.1, 0.15) is 24.4 Å². The van der Waals surface area contributed by atoms with Gasteiger partial charge in [0.2, 0.25) is 5.91 Å². The molecule has 1 heterocycles. The van der Waals surface area contributed by atoms with Crippen LogP contribution in [0.2, 0.25) is 10.0 Å². The van der Waals surface area contributed by atoms with Crippen molar-refractivity contribution < 1.29 is 9.53 Å². The van der Waals surface area contributed by atoms with Gasteiger partial charge in [-0.15, -0.1) is 0 Å². The molecule has 0 spiro atoms. The summed E-state index contributed by atoms with van der Waals surface area (Å²) in [5.41, 5.74) is 4.16. The molecular formula is C29H33Cl2N3O2. The Bertz CT molecular complexity index is 1200. The van der Waals surface area contributed by atoms with Crippen molar-refractivity contribution in [1.82, 2.24) is 9.80 Å². The molecule has 1 amide bonds. The van der Waals surface area contributed by atoms with E-state index in [-0.39, 0.29) is 18.5 Å². The van der Waals surface area contributed by atoms with Crippen molar-refractivity contribution in [2.75, 3.05) is 52.3 Å². The molecule has 0 aromatic heterocycles. The highest BCUT2D eigenvalue weighted by molar-refractivity contribution is 6.42. The summed E-state index contributed by atoms with van der Waals surface area (Å²) in [5.74, 6) is 0.865. The predicted molar refractivity (Wildman–Crippen MR) is 149 cm³/mol. The SMILES string of the molecule is COc1cccc(-c2cccc(C(CN3CCCC3)N(C)C(=O)CN(C)c3ccc(Cl)c(Cl)c3)c2)c1. The highest BCUT2D eigenvalue weighted by atomic mass is 35.5. The highest BCUT2D eigenvalue weighted by Crippen LogP contribution is 2.30. The lowest BCUT2D eigenvalue weighted by Crippen LogP contribution is -2.42. The normalized spacial score (nSPS) is 14.5. The molecule has 0 bridgehead atoms. The van der Waals surface area contributed by atoms with Crippen LogP contribution in [0.5, 0.6) is 5.75 Å². The number of halogens is 2. The summed E-state index contributed by atoms with van der Waals surface area (Å²) in [6, 6.07) is 21.9. The quantitative estimate of drug-likeness (QED) is 0.323. The first-order chi connectivity index (χ1) is 17.4. The number of hydrogen-bond acceptors (Lipinski definition) is 4. The molecule has 7 heteroatoms. The van der Waals surface area contributed by atoms with Gasteiger partial charge in [0.05, 0.1) is 29.7 Å². The molecule has 0 N–H and O–H groups in total. The molecular weight excluding hydrogens is 493 g/mol. The Morgan fingerprint density at radius 1 is 0.944 bits per heavy atom. The zero-order chi connectivity index (χ0) is 25.7.